The van der Waals surface area contributed by atoms with E-state index in [2.05, 4.69) is 32.6 Å². The highest BCUT2D eigenvalue weighted by atomic mass is 17.2. The SMILES string of the molecule is C=C(C)C(CCC(C)C12C=CC(C)(CC1)OO2)OCc1ccc(OC)c(OC)c1. The second-order valence-corrected chi connectivity index (χ2v) is 8.58. The minimum Gasteiger partial charge on any atom is -0.493 e. The molecular formula is C24H34O5. The van der Waals surface area contributed by atoms with Crippen LogP contribution in [0.1, 0.15) is 52.0 Å². The Balaban J connectivity index is 1.57. The summed E-state index contributed by atoms with van der Waals surface area (Å²) in [5, 5.41) is 0. The van der Waals surface area contributed by atoms with Gasteiger partial charge in [0.25, 0.3) is 0 Å². The van der Waals surface area contributed by atoms with Crippen LogP contribution in [0.3, 0.4) is 0 Å². The van der Waals surface area contributed by atoms with Gasteiger partial charge >= 0.3 is 0 Å². The van der Waals surface area contributed by atoms with Crippen LogP contribution in [-0.2, 0) is 21.1 Å². The van der Waals surface area contributed by atoms with Crippen LogP contribution in [0.15, 0.2) is 42.5 Å². The van der Waals surface area contributed by atoms with E-state index < -0.39 is 0 Å². The summed E-state index contributed by atoms with van der Waals surface area (Å²) in [6, 6.07) is 5.85. The molecule has 4 unspecified atom stereocenters. The molecule has 2 bridgehead atoms. The Hall–Kier alpha value is -1.82. The first kappa shape index (κ1) is 21.9. The first-order chi connectivity index (χ1) is 13.8. The lowest BCUT2D eigenvalue weighted by Gasteiger charge is -2.48. The fourth-order valence-electron chi connectivity index (χ4n) is 4.02. The van der Waals surface area contributed by atoms with E-state index in [0.29, 0.717) is 24.0 Å². The van der Waals surface area contributed by atoms with Gasteiger partial charge in [-0.25, -0.2) is 9.78 Å². The molecule has 4 atom stereocenters. The van der Waals surface area contributed by atoms with E-state index in [0.717, 1.165) is 36.8 Å². The van der Waals surface area contributed by atoms with E-state index in [1.54, 1.807) is 14.2 Å². The van der Waals surface area contributed by atoms with E-state index in [4.69, 9.17) is 24.0 Å². The van der Waals surface area contributed by atoms with Crippen LogP contribution < -0.4 is 9.47 Å². The van der Waals surface area contributed by atoms with E-state index in [1.165, 1.54) is 0 Å². The van der Waals surface area contributed by atoms with E-state index in [1.807, 2.05) is 25.1 Å². The molecule has 0 N–H and O–H groups in total. The van der Waals surface area contributed by atoms with Gasteiger partial charge in [0.1, 0.15) is 11.2 Å². The average molecular weight is 403 g/mol. The average Bonchev–Trinajstić information content (AvgIpc) is 2.73. The summed E-state index contributed by atoms with van der Waals surface area (Å²) in [7, 11) is 3.27. The minimum atomic E-state index is -0.319. The second-order valence-electron chi connectivity index (χ2n) is 8.58. The van der Waals surface area contributed by atoms with Gasteiger partial charge in [0.2, 0.25) is 0 Å². The quantitative estimate of drug-likeness (QED) is 0.388. The molecule has 0 amide bonds. The molecule has 1 fully saturated rings. The highest BCUT2D eigenvalue weighted by Gasteiger charge is 2.48. The van der Waals surface area contributed by atoms with E-state index >= 15 is 0 Å². The maximum atomic E-state index is 6.21. The van der Waals surface area contributed by atoms with Crippen molar-refractivity contribution in [3.05, 3.63) is 48.1 Å². The van der Waals surface area contributed by atoms with Gasteiger partial charge in [-0.3, -0.25) is 0 Å². The summed E-state index contributed by atoms with van der Waals surface area (Å²) >= 11 is 0. The zero-order chi connectivity index (χ0) is 21.1. The zero-order valence-electron chi connectivity index (χ0n) is 18.3. The Bertz CT molecular complexity index is 746. The topological polar surface area (TPSA) is 46.2 Å². The lowest BCUT2D eigenvalue weighted by Crippen LogP contribution is -2.51. The fourth-order valence-corrected chi connectivity index (χ4v) is 4.02. The number of fused-ring (bicyclic) bond motifs is 2. The predicted molar refractivity (Wildman–Crippen MR) is 113 cm³/mol. The Kier molecular flexibility index (Phi) is 6.72. The molecule has 160 valence electrons. The van der Waals surface area contributed by atoms with Crippen LogP contribution in [0.2, 0.25) is 0 Å². The van der Waals surface area contributed by atoms with Crippen LogP contribution in [0.25, 0.3) is 0 Å². The monoisotopic (exact) mass is 402 g/mol. The van der Waals surface area contributed by atoms with Crippen molar-refractivity contribution in [1.29, 1.82) is 0 Å². The van der Waals surface area contributed by atoms with Gasteiger partial charge in [-0.05, 0) is 63.1 Å². The van der Waals surface area contributed by atoms with Crippen LogP contribution >= 0.6 is 0 Å². The number of hydrogen-bond acceptors (Lipinski definition) is 5. The van der Waals surface area contributed by atoms with Crippen molar-refractivity contribution in [2.75, 3.05) is 14.2 Å². The summed E-state index contributed by atoms with van der Waals surface area (Å²) in [4.78, 5) is 11.5. The van der Waals surface area contributed by atoms with Crippen LogP contribution in [0.4, 0.5) is 0 Å². The van der Waals surface area contributed by atoms with Crippen molar-refractivity contribution in [1.82, 2.24) is 0 Å². The molecule has 0 aromatic heterocycles. The maximum absolute atomic E-state index is 6.21. The van der Waals surface area contributed by atoms with E-state index in [9.17, 15) is 0 Å². The molecule has 5 heteroatoms. The summed E-state index contributed by atoms with van der Waals surface area (Å²) in [5.41, 5.74) is 1.49. The standard InChI is InChI=1S/C24H34O5/c1-17(2)20(27-16-19-8-10-21(25-5)22(15-19)26-6)9-7-18(3)24-13-11-23(4,12-14-24)28-29-24/h8,10-11,13,15,18,20H,1,7,9,12,14,16H2,2-6H3. The first-order valence-electron chi connectivity index (χ1n) is 10.4. The van der Waals surface area contributed by atoms with Gasteiger partial charge in [-0.2, -0.15) is 0 Å². The molecule has 2 heterocycles. The summed E-state index contributed by atoms with van der Waals surface area (Å²) in [6.45, 7) is 10.9. The Morgan fingerprint density at radius 2 is 1.86 bits per heavy atom. The van der Waals surface area contributed by atoms with Crippen molar-refractivity contribution < 1.29 is 24.0 Å². The Morgan fingerprint density at radius 3 is 2.41 bits per heavy atom. The third-order valence-corrected chi connectivity index (χ3v) is 6.26. The van der Waals surface area contributed by atoms with Crippen molar-refractivity contribution >= 4 is 0 Å². The maximum Gasteiger partial charge on any atom is 0.161 e. The molecule has 0 radical (unpaired) electrons. The molecule has 3 aliphatic rings. The molecule has 0 spiro atoms. The van der Waals surface area contributed by atoms with Crippen molar-refractivity contribution in [2.45, 2.75) is 70.4 Å². The molecule has 1 aromatic carbocycles. The van der Waals surface area contributed by atoms with Crippen LogP contribution in [-0.4, -0.2) is 31.5 Å². The minimum absolute atomic E-state index is 0.00992. The van der Waals surface area contributed by atoms with E-state index in [-0.39, 0.29) is 17.3 Å². The number of hydrogen-bond donors (Lipinski definition) is 0. The predicted octanol–water partition coefficient (Wildman–Crippen LogP) is 5.39. The third-order valence-electron chi connectivity index (χ3n) is 6.26. The Labute approximate surface area is 174 Å². The lowest BCUT2D eigenvalue weighted by molar-refractivity contribution is -0.432. The van der Waals surface area contributed by atoms with Gasteiger partial charge in [-0.1, -0.05) is 37.3 Å². The summed E-state index contributed by atoms with van der Waals surface area (Å²) in [6.07, 6.45) is 8.18. The first-order valence-corrected chi connectivity index (χ1v) is 10.4. The summed E-state index contributed by atoms with van der Waals surface area (Å²) < 4.78 is 16.9. The molecule has 1 aliphatic carbocycles. The van der Waals surface area contributed by atoms with Gasteiger partial charge in [-0.15, -0.1) is 0 Å². The molecule has 5 nitrogen and oxygen atoms in total. The molecule has 1 aromatic rings. The lowest BCUT2D eigenvalue weighted by atomic mass is 9.74. The van der Waals surface area contributed by atoms with Crippen LogP contribution in [0, 0.1) is 5.92 Å². The highest BCUT2D eigenvalue weighted by molar-refractivity contribution is 5.42. The zero-order valence-corrected chi connectivity index (χ0v) is 18.3. The van der Waals surface area contributed by atoms with Crippen molar-refractivity contribution in [3.8, 4) is 11.5 Å². The normalized spacial score (nSPS) is 27.5. The van der Waals surface area contributed by atoms with Crippen molar-refractivity contribution in [2.24, 2.45) is 5.92 Å². The van der Waals surface area contributed by atoms with Gasteiger partial charge in [0.05, 0.1) is 26.9 Å². The fraction of sp³-hybridized carbons (Fsp3) is 0.583. The van der Waals surface area contributed by atoms with Gasteiger partial charge < -0.3 is 14.2 Å². The Morgan fingerprint density at radius 1 is 1.10 bits per heavy atom. The number of rotatable bonds is 10. The molecule has 0 saturated carbocycles. The smallest absolute Gasteiger partial charge is 0.161 e. The van der Waals surface area contributed by atoms with Gasteiger partial charge in [0.15, 0.2) is 11.5 Å². The van der Waals surface area contributed by atoms with Crippen LogP contribution in [0.5, 0.6) is 11.5 Å². The molecule has 1 saturated heterocycles. The third kappa shape index (κ3) is 4.85. The largest absolute Gasteiger partial charge is 0.493 e. The highest BCUT2D eigenvalue weighted by Crippen LogP contribution is 2.45. The number of methoxy groups -OCH3 is 2. The second kappa shape index (κ2) is 8.90. The summed E-state index contributed by atoms with van der Waals surface area (Å²) in [5.74, 6) is 1.75. The molecule has 29 heavy (non-hydrogen) atoms. The molecular weight excluding hydrogens is 368 g/mol. The molecule has 4 rings (SSSR count). The molecule has 2 aliphatic heterocycles. The van der Waals surface area contributed by atoms with Gasteiger partial charge in [0, 0.05) is 0 Å². The number of benzene rings is 1. The number of ether oxygens (including phenoxy) is 3. The van der Waals surface area contributed by atoms with Crippen molar-refractivity contribution in [3.63, 3.8) is 0 Å².